The van der Waals surface area contributed by atoms with E-state index in [4.69, 9.17) is 0 Å². The summed E-state index contributed by atoms with van der Waals surface area (Å²) in [6.07, 6.45) is 0. The highest BCUT2D eigenvalue weighted by Crippen LogP contribution is 2.53. The van der Waals surface area contributed by atoms with Gasteiger partial charge >= 0.3 is 10.3 Å². The molecule has 1 aromatic heterocycles. The summed E-state index contributed by atoms with van der Waals surface area (Å²) >= 11 is 1.54. The molecule has 148 valence electrons. The lowest BCUT2D eigenvalue weighted by Crippen LogP contribution is -2.30. The lowest BCUT2D eigenvalue weighted by Gasteiger charge is -2.32. The largest absolute Gasteiger partial charge is 0.375 e. The fourth-order valence-electron chi connectivity index (χ4n) is 3.35. The van der Waals surface area contributed by atoms with Crippen LogP contribution < -0.4 is 5.32 Å². The fraction of sp³-hybridized carbons (Fsp3) is 0.238. The maximum absolute atomic E-state index is 12.6. The number of hydrogen-bond donors (Lipinski definition) is 1. The van der Waals surface area contributed by atoms with Gasteiger partial charge in [-0.1, -0.05) is 23.4 Å². The Morgan fingerprint density at radius 1 is 1.24 bits per heavy atom. The monoisotopic (exact) mass is 443 g/mol. The van der Waals surface area contributed by atoms with Crippen molar-refractivity contribution in [2.24, 2.45) is 0 Å². The van der Waals surface area contributed by atoms with E-state index < -0.39 is 4.92 Å². The number of aryl methyl sites for hydroxylation is 1. The van der Waals surface area contributed by atoms with Gasteiger partial charge in [0.15, 0.2) is 16.1 Å². The number of carbonyl (C=O) groups is 1. The maximum atomic E-state index is 12.6. The topological polar surface area (TPSA) is 72.2 Å². The maximum Gasteiger partial charge on any atom is 0.308 e. The van der Waals surface area contributed by atoms with Crippen molar-refractivity contribution < 1.29 is 9.72 Å². The smallest absolute Gasteiger partial charge is 0.308 e. The molecule has 0 fully saturated rings. The van der Waals surface area contributed by atoms with Crippen LogP contribution in [0, 0.1) is 17.0 Å². The van der Waals surface area contributed by atoms with Crippen molar-refractivity contribution in [1.29, 1.82) is 0 Å². The number of nitro groups is 1. The molecule has 1 N–H and O–H groups in total. The van der Waals surface area contributed by atoms with E-state index in [1.165, 1.54) is 45.8 Å². The summed E-state index contributed by atoms with van der Waals surface area (Å²) in [4.78, 5) is 24.2. The Morgan fingerprint density at radius 2 is 1.97 bits per heavy atom. The summed E-state index contributed by atoms with van der Waals surface area (Å²) in [6.45, 7) is 6.43. The molecule has 2 heterocycles. The first-order valence-corrected chi connectivity index (χ1v) is 12.2. The number of rotatable bonds is 5. The van der Waals surface area contributed by atoms with Crippen molar-refractivity contribution >= 4 is 49.6 Å². The molecule has 2 aromatic carbocycles. The second-order valence-electron chi connectivity index (χ2n) is 7.47. The van der Waals surface area contributed by atoms with E-state index in [-0.39, 0.29) is 17.0 Å². The minimum absolute atomic E-state index is 0.00922. The predicted octanol–water partition coefficient (Wildman–Crippen LogP) is 6.61. The van der Waals surface area contributed by atoms with Crippen LogP contribution >= 0.6 is 32.4 Å². The van der Waals surface area contributed by atoms with Crippen LogP contribution in [0.2, 0.25) is 0 Å². The number of nitro benzene ring substituents is 1. The zero-order valence-corrected chi connectivity index (χ0v) is 18.6. The SMILES string of the molecule is Cc1ccc2c(c1)-c1c(s[s+]c1SCC(=O)c1ccc([N+](=O)[O-])cc1)C(C)(C)N2. The molecular weight excluding hydrogens is 424 g/mol. The van der Waals surface area contributed by atoms with Crippen molar-refractivity contribution in [3.05, 3.63) is 68.6 Å². The van der Waals surface area contributed by atoms with Crippen molar-refractivity contribution in [2.45, 2.75) is 30.5 Å². The summed E-state index contributed by atoms with van der Waals surface area (Å²) < 4.78 is 1.14. The van der Waals surface area contributed by atoms with Crippen molar-refractivity contribution in [1.82, 2.24) is 0 Å². The third-order valence-corrected chi connectivity index (χ3v) is 9.19. The molecule has 0 bridgehead atoms. The van der Waals surface area contributed by atoms with Crippen molar-refractivity contribution in [3.63, 3.8) is 0 Å². The molecule has 5 nitrogen and oxygen atoms in total. The summed E-state index contributed by atoms with van der Waals surface area (Å²) in [5.41, 5.74) is 5.04. The first kappa shape index (κ1) is 20.0. The van der Waals surface area contributed by atoms with Gasteiger partial charge in [-0.3, -0.25) is 14.9 Å². The number of thioether (sulfide) groups is 1. The Morgan fingerprint density at radius 3 is 2.66 bits per heavy atom. The fourth-order valence-corrected chi connectivity index (χ4v) is 7.99. The molecule has 29 heavy (non-hydrogen) atoms. The van der Waals surface area contributed by atoms with Gasteiger partial charge in [0.05, 0.1) is 21.8 Å². The van der Waals surface area contributed by atoms with Crippen LogP contribution in [0.4, 0.5) is 11.4 Å². The molecule has 1 aliphatic heterocycles. The van der Waals surface area contributed by atoms with Crippen molar-refractivity contribution in [2.75, 3.05) is 11.1 Å². The summed E-state index contributed by atoms with van der Waals surface area (Å²) in [5, 5.41) is 14.4. The second-order valence-corrected chi connectivity index (χ2v) is 10.9. The van der Waals surface area contributed by atoms with E-state index in [1.54, 1.807) is 32.4 Å². The normalized spacial score (nSPS) is 13.9. The summed E-state index contributed by atoms with van der Waals surface area (Å²) in [6, 6.07) is 12.2. The van der Waals surface area contributed by atoms with Gasteiger partial charge in [-0.05, 0) is 45.0 Å². The molecule has 0 amide bonds. The Kier molecular flexibility index (Phi) is 5.18. The van der Waals surface area contributed by atoms with Gasteiger partial charge in [-0.15, -0.1) is 0 Å². The summed E-state index contributed by atoms with van der Waals surface area (Å²) in [7, 11) is 3.46. The average molecular weight is 444 g/mol. The highest BCUT2D eigenvalue weighted by molar-refractivity contribution is 8.03. The molecule has 0 atom stereocenters. The number of non-ortho nitro benzene ring substituents is 1. The van der Waals surface area contributed by atoms with Gasteiger partial charge < -0.3 is 5.32 Å². The summed E-state index contributed by atoms with van der Waals surface area (Å²) in [5.74, 6) is 0.265. The van der Waals surface area contributed by atoms with E-state index >= 15 is 0 Å². The third kappa shape index (κ3) is 3.80. The molecule has 0 saturated heterocycles. The lowest BCUT2D eigenvalue weighted by molar-refractivity contribution is -0.384. The number of Topliss-reactive ketones (excluding diaryl/α,β-unsaturated/α-hetero) is 1. The Bertz CT molecular complexity index is 1120. The van der Waals surface area contributed by atoms with Crippen LogP contribution in [0.5, 0.6) is 0 Å². The van der Waals surface area contributed by atoms with E-state index in [2.05, 4.69) is 44.3 Å². The number of ketones is 1. The molecule has 8 heteroatoms. The van der Waals surface area contributed by atoms with Crippen molar-refractivity contribution in [3.8, 4) is 11.1 Å². The van der Waals surface area contributed by atoms with Crippen LogP contribution in [-0.2, 0) is 5.54 Å². The van der Waals surface area contributed by atoms with Gasteiger partial charge in [0.1, 0.15) is 4.88 Å². The van der Waals surface area contributed by atoms with Gasteiger partial charge in [0.25, 0.3) is 9.90 Å². The zero-order chi connectivity index (χ0) is 20.8. The molecule has 0 saturated carbocycles. The van der Waals surface area contributed by atoms with Gasteiger partial charge in [0.2, 0.25) is 0 Å². The Labute approximate surface area is 180 Å². The van der Waals surface area contributed by atoms with Crippen LogP contribution in [0.15, 0.2) is 46.7 Å². The second kappa shape index (κ2) is 7.51. The highest BCUT2D eigenvalue weighted by Gasteiger charge is 2.40. The number of carbonyl (C=O) groups excluding carboxylic acids is 1. The first-order valence-electron chi connectivity index (χ1n) is 9.02. The van der Waals surface area contributed by atoms with E-state index in [9.17, 15) is 14.9 Å². The van der Waals surface area contributed by atoms with Gasteiger partial charge in [0, 0.05) is 28.9 Å². The van der Waals surface area contributed by atoms with Crippen LogP contribution in [0.3, 0.4) is 0 Å². The van der Waals surface area contributed by atoms with Crippen LogP contribution in [-0.4, -0.2) is 16.5 Å². The molecule has 0 aliphatic carbocycles. The van der Waals surface area contributed by atoms with Crippen LogP contribution in [0.25, 0.3) is 11.1 Å². The number of benzene rings is 2. The van der Waals surface area contributed by atoms with Gasteiger partial charge in [-0.25, -0.2) is 0 Å². The van der Waals surface area contributed by atoms with Crippen LogP contribution in [0.1, 0.15) is 34.6 Å². The lowest BCUT2D eigenvalue weighted by atomic mass is 9.89. The first-order chi connectivity index (χ1) is 13.8. The quantitative estimate of drug-likeness (QED) is 0.120. The molecule has 0 unspecified atom stereocenters. The molecule has 4 rings (SSSR count). The number of fused-ring (bicyclic) bond motifs is 3. The zero-order valence-electron chi connectivity index (χ0n) is 16.1. The number of nitrogens with zero attached hydrogens (tertiary/aromatic N) is 1. The van der Waals surface area contributed by atoms with Gasteiger partial charge in [-0.2, -0.15) is 0 Å². The van der Waals surface area contributed by atoms with E-state index in [0.717, 1.165) is 9.90 Å². The molecule has 0 spiro atoms. The third-order valence-electron chi connectivity index (χ3n) is 4.83. The standard InChI is InChI=1S/C21H19N2O3S3/c1-12-4-9-16-15(10-12)18-19(21(2,3)22-16)28-29-20(18)27-11-17(24)13-5-7-14(8-6-13)23(25)26/h4-10,22H,11H2,1-3H3/q+1. The average Bonchev–Trinajstić information content (AvgIpc) is 3.12. The van der Waals surface area contributed by atoms with E-state index in [1.807, 2.05) is 0 Å². The molecule has 1 aliphatic rings. The minimum Gasteiger partial charge on any atom is -0.375 e. The number of anilines is 1. The van der Waals surface area contributed by atoms with E-state index in [0.29, 0.717) is 11.3 Å². The highest BCUT2D eigenvalue weighted by atomic mass is 32.9. The minimum atomic E-state index is -0.461. The Balaban J connectivity index is 1.61. The molecule has 3 aromatic rings. The molecular formula is C21H19N2O3S3+. The predicted molar refractivity (Wildman–Crippen MR) is 122 cm³/mol. The Hall–Kier alpha value is -2.29. The number of hydrogen-bond acceptors (Lipinski definition) is 6. The number of nitrogens with one attached hydrogen (secondary N) is 1. The molecule has 0 radical (unpaired) electrons.